The average Bonchev–Trinajstić information content (AvgIpc) is 2.86. The average molecular weight is 524 g/mol. The Morgan fingerprint density at radius 3 is 0.973 bits per heavy atom. The van der Waals surface area contributed by atoms with Crippen LogP contribution in [0.1, 0.15) is 42.0 Å². The Kier molecular flexibility index (Phi) is 11.7. The van der Waals surface area contributed by atoms with Gasteiger partial charge in [0.25, 0.3) is 0 Å². The topological polar surface area (TPSA) is 221 Å². The number of hydrogen-bond acceptors (Lipinski definition) is 11. The van der Waals surface area contributed by atoms with E-state index in [1.165, 1.54) is 0 Å². The molecule has 4 N–H and O–H groups in total. The standard InChI is InChI=1S/C22H24N2O13/c25-19(26)15-9-13(10-16(23-15)20(27)28)36-7-5-34-3-1-33-2-4-35-6-8-37-14-11-17(21(29)30)24-18(12-14)22(31)32/h9-12H,1-8H2,(H,25,26)(H,27,28)(H,29,30)(H,31,32). The van der Waals surface area contributed by atoms with Gasteiger partial charge in [0.2, 0.25) is 0 Å². The van der Waals surface area contributed by atoms with E-state index in [2.05, 4.69) is 9.97 Å². The van der Waals surface area contributed by atoms with Gasteiger partial charge in [-0.05, 0) is 0 Å². The van der Waals surface area contributed by atoms with Crippen molar-refractivity contribution in [3.8, 4) is 11.5 Å². The van der Waals surface area contributed by atoms with Crippen molar-refractivity contribution in [2.45, 2.75) is 0 Å². The summed E-state index contributed by atoms with van der Waals surface area (Å²) in [7, 11) is 0. The van der Waals surface area contributed by atoms with Gasteiger partial charge in [-0.3, -0.25) is 0 Å². The number of ether oxygens (including phenoxy) is 5. The Bertz CT molecular complexity index is 956. The van der Waals surface area contributed by atoms with Gasteiger partial charge in [0, 0.05) is 24.3 Å². The molecule has 37 heavy (non-hydrogen) atoms. The van der Waals surface area contributed by atoms with Gasteiger partial charge in [-0.25, -0.2) is 29.1 Å². The van der Waals surface area contributed by atoms with Crippen LogP contribution in [0.2, 0.25) is 0 Å². The van der Waals surface area contributed by atoms with Gasteiger partial charge < -0.3 is 44.1 Å². The quantitative estimate of drug-likeness (QED) is 0.198. The molecule has 0 aromatic carbocycles. The van der Waals surface area contributed by atoms with Gasteiger partial charge in [-0.2, -0.15) is 0 Å². The fourth-order valence-corrected chi connectivity index (χ4v) is 2.59. The Labute approximate surface area is 209 Å². The van der Waals surface area contributed by atoms with Crippen molar-refractivity contribution in [3.05, 3.63) is 47.0 Å². The smallest absolute Gasteiger partial charge is 0.354 e. The molecule has 2 aromatic heterocycles. The fraction of sp³-hybridized carbons (Fsp3) is 0.364. The molecule has 0 atom stereocenters. The van der Waals surface area contributed by atoms with Gasteiger partial charge >= 0.3 is 23.9 Å². The molecule has 2 rings (SSSR count). The monoisotopic (exact) mass is 524 g/mol. The van der Waals surface area contributed by atoms with Crippen LogP contribution in [0.25, 0.3) is 0 Å². The third kappa shape index (κ3) is 10.4. The van der Waals surface area contributed by atoms with Crippen molar-refractivity contribution in [1.82, 2.24) is 9.97 Å². The molecule has 0 bridgehead atoms. The highest BCUT2D eigenvalue weighted by Gasteiger charge is 2.15. The maximum Gasteiger partial charge on any atom is 0.354 e. The Morgan fingerprint density at radius 2 is 0.730 bits per heavy atom. The second-order valence-corrected chi connectivity index (χ2v) is 6.90. The first-order valence-electron chi connectivity index (χ1n) is 10.6. The van der Waals surface area contributed by atoms with Crippen LogP contribution in [0.5, 0.6) is 11.5 Å². The zero-order valence-corrected chi connectivity index (χ0v) is 19.3. The molecule has 0 fully saturated rings. The number of aromatic carboxylic acids is 4. The summed E-state index contributed by atoms with van der Waals surface area (Å²) in [5.74, 6) is -5.44. The highest BCUT2D eigenvalue weighted by molar-refractivity contribution is 5.91. The molecule has 0 spiro atoms. The zero-order valence-electron chi connectivity index (χ0n) is 19.3. The van der Waals surface area contributed by atoms with Crippen LogP contribution in [-0.4, -0.2) is 107 Å². The Balaban J connectivity index is 1.53. The lowest BCUT2D eigenvalue weighted by molar-refractivity contribution is 0.00496. The van der Waals surface area contributed by atoms with Crippen LogP contribution >= 0.6 is 0 Å². The van der Waals surface area contributed by atoms with Crippen LogP contribution < -0.4 is 9.47 Å². The van der Waals surface area contributed by atoms with Gasteiger partial charge in [-0.1, -0.05) is 0 Å². The third-order valence-electron chi connectivity index (χ3n) is 4.21. The maximum absolute atomic E-state index is 11.0. The number of nitrogens with zero attached hydrogens (tertiary/aromatic N) is 2. The van der Waals surface area contributed by atoms with E-state index in [-0.39, 0.29) is 64.4 Å². The molecule has 0 saturated heterocycles. The molecule has 15 heteroatoms. The lowest BCUT2D eigenvalue weighted by Gasteiger charge is -2.10. The lowest BCUT2D eigenvalue weighted by Crippen LogP contribution is -2.15. The summed E-state index contributed by atoms with van der Waals surface area (Å²) >= 11 is 0. The predicted octanol–water partition coefficient (Wildman–Crippen LogP) is 0.777. The Morgan fingerprint density at radius 1 is 0.486 bits per heavy atom. The highest BCUT2D eigenvalue weighted by atomic mass is 16.6. The highest BCUT2D eigenvalue weighted by Crippen LogP contribution is 2.16. The van der Waals surface area contributed by atoms with E-state index >= 15 is 0 Å². The molecule has 200 valence electrons. The molecule has 0 aliphatic rings. The van der Waals surface area contributed by atoms with Gasteiger partial charge in [-0.15, -0.1) is 0 Å². The molecule has 0 unspecified atom stereocenters. The molecule has 15 nitrogen and oxygen atoms in total. The molecule has 0 radical (unpaired) electrons. The molecule has 0 saturated carbocycles. The summed E-state index contributed by atoms with van der Waals surface area (Å²) in [6, 6.07) is 4.45. The predicted molar refractivity (Wildman–Crippen MR) is 120 cm³/mol. The van der Waals surface area contributed by atoms with E-state index < -0.39 is 46.7 Å². The summed E-state index contributed by atoms with van der Waals surface area (Å²) in [5, 5.41) is 35.9. The molecule has 0 aliphatic heterocycles. The lowest BCUT2D eigenvalue weighted by atomic mass is 10.3. The second kappa shape index (κ2) is 14.9. The van der Waals surface area contributed by atoms with E-state index in [9.17, 15) is 19.2 Å². The van der Waals surface area contributed by atoms with E-state index in [0.29, 0.717) is 0 Å². The van der Waals surface area contributed by atoms with Crippen LogP contribution in [0.4, 0.5) is 0 Å². The van der Waals surface area contributed by atoms with Crippen LogP contribution in [0.3, 0.4) is 0 Å². The molecular formula is C22H24N2O13. The van der Waals surface area contributed by atoms with Crippen molar-refractivity contribution < 1.29 is 63.3 Å². The second-order valence-electron chi connectivity index (χ2n) is 6.90. The molecule has 0 amide bonds. The van der Waals surface area contributed by atoms with Gasteiger partial charge in [0.1, 0.15) is 24.7 Å². The number of hydrogen-bond donors (Lipinski definition) is 4. The van der Waals surface area contributed by atoms with Crippen molar-refractivity contribution in [2.75, 3.05) is 52.9 Å². The molecule has 2 aromatic rings. The number of rotatable bonds is 18. The minimum absolute atomic E-state index is 0.0411. The van der Waals surface area contributed by atoms with Crippen molar-refractivity contribution in [2.24, 2.45) is 0 Å². The van der Waals surface area contributed by atoms with Crippen molar-refractivity contribution in [3.63, 3.8) is 0 Å². The van der Waals surface area contributed by atoms with Crippen LogP contribution in [0.15, 0.2) is 24.3 Å². The van der Waals surface area contributed by atoms with Crippen molar-refractivity contribution in [1.29, 1.82) is 0 Å². The molecule has 2 heterocycles. The number of aromatic nitrogens is 2. The molecular weight excluding hydrogens is 500 g/mol. The minimum Gasteiger partial charge on any atom is -0.491 e. The third-order valence-corrected chi connectivity index (χ3v) is 4.21. The first kappa shape index (κ1) is 28.9. The first-order chi connectivity index (χ1) is 17.7. The summed E-state index contributed by atoms with van der Waals surface area (Å²) < 4.78 is 26.6. The SMILES string of the molecule is O=C(O)c1cc(OCCOCCOCCOCCOc2cc(C(=O)O)nc(C(=O)O)c2)cc(C(=O)O)n1. The Hall–Kier alpha value is -4.34. The van der Waals surface area contributed by atoms with E-state index in [4.69, 9.17) is 44.1 Å². The summed E-state index contributed by atoms with van der Waals surface area (Å²) in [6.07, 6.45) is 0. The number of pyridine rings is 2. The van der Waals surface area contributed by atoms with Gasteiger partial charge in [0.15, 0.2) is 22.8 Å². The number of carboxylic acids is 4. The van der Waals surface area contributed by atoms with E-state index in [1.54, 1.807) is 0 Å². The van der Waals surface area contributed by atoms with E-state index in [1.807, 2.05) is 0 Å². The fourth-order valence-electron chi connectivity index (χ4n) is 2.59. The van der Waals surface area contributed by atoms with E-state index in [0.717, 1.165) is 24.3 Å². The summed E-state index contributed by atoms with van der Waals surface area (Å²) in [4.78, 5) is 51.1. The molecule has 0 aliphatic carbocycles. The maximum atomic E-state index is 11.0. The summed E-state index contributed by atoms with van der Waals surface area (Å²) in [6.45, 7) is 1.38. The number of carbonyl (C=O) groups is 4. The van der Waals surface area contributed by atoms with Gasteiger partial charge in [0.05, 0.1) is 39.6 Å². The minimum atomic E-state index is -1.38. The normalized spacial score (nSPS) is 10.6. The zero-order chi connectivity index (χ0) is 27.2. The largest absolute Gasteiger partial charge is 0.491 e. The first-order valence-corrected chi connectivity index (χ1v) is 10.6. The van der Waals surface area contributed by atoms with Crippen molar-refractivity contribution >= 4 is 23.9 Å². The summed E-state index contributed by atoms with van der Waals surface area (Å²) in [5.41, 5.74) is -1.80. The number of carboxylic acid groups (broad SMARTS) is 4. The van der Waals surface area contributed by atoms with Crippen LogP contribution in [0, 0.1) is 0 Å². The van der Waals surface area contributed by atoms with Crippen LogP contribution in [-0.2, 0) is 14.2 Å².